The first kappa shape index (κ1) is 14.1. The lowest BCUT2D eigenvalue weighted by molar-refractivity contribution is -0.141. The van der Waals surface area contributed by atoms with Crippen LogP contribution >= 0.6 is 23.2 Å². The van der Waals surface area contributed by atoms with Crippen molar-refractivity contribution in [3.8, 4) is 0 Å². The molecule has 0 amide bonds. The molecule has 19 heavy (non-hydrogen) atoms. The van der Waals surface area contributed by atoms with Crippen LogP contribution in [-0.4, -0.2) is 16.9 Å². The molecular weight excluding hydrogens is 287 g/mol. The van der Waals surface area contributed by atoms with Crippen molar-refractivity contribution < 1.29 is 14.7 Å². The summed E-state index contributed by atoms with van der Waals surface area (Å²) in [5.41, 5.74) is 1.16. The summed E-state index contributed by atoms with van der Waals surface area (Å²) in [4.78, 5) is 23.1. The molecular formula is C14H12Cl2O3. The molecule has 0 spiro atoms. The minimum atomic E-state index is -0.956. The smallest absolute Gasteiger partial charge is 0.311 e. The zero-order valence-electron chi connectivity index (χ0n) is 10.2. The maximum atomic E-state index is 11.7. The van der Waals surface area contributed by atoms with Gasteiger partial charge in [0.1, 0.15) is 0 Å². The minimum absolute atomic E-state index is 0.0870. The monoisotopic (exact) mass is 298 g/mol. The third kappa shape index (κ3) is 2.67. The number of hydrogen-bond acceptors (Lipinski definition) is 2. The summed E-state index contributed by atoms with van der Waals surface area (Å²) in [6, 6.07) is 5.07. The number of carbonyl (C=O) groups excluding carboxylic acids is 1. The van der Waals surface area contributed by atoms with Crippen LogP contribution in [0.2, 0.25) is 10.0 Å². The number of carboxylic acids is 1. The first-order valence-electron chi connectivity index (χ1n) is 5.79. The average molecular weight is 299 g/mol. The second-order valence-corrected chi connectivity index (χ2v) is 5.41. The first-order chi connectivity index (χ1) is 8.91. The Morgan fingerprint density at radius 3 is 2.68 bits per heavy atom. The van der Waals surface area contributed by atoms with Crippen molar-refractivity contribution in [2.24, 2.45) is 5.92 Å². The van der Waals surface area contributed by atoms with E-state index in [1.807, 2.05) is 0 Å². The SMILES string of the molecule is CC1=CC(=O)CC(c2cccc(Cl)c2Cl)C1C(=O)O. The topological polar surface area (TPSA) is 54.4 Å². The van der Waals surface area contributed by atoms with E-state index in [0.717, 1.165) is 0 Å². The predicted octanol–water partition coefficient (Wildman–Crippen LogP) is 3.70. The Hall–Kier alpha value is -1.32. The molecule has 1 aliphatic rings. The fraction of sp³-hybridized carbons (Fsp3) is 0.286. The van der Waals surface area contributed by atoms with E-state index in [2.05, 4.69) is 0 Å². The highest BCUT2D eigenvalue weighted by Gasteiger charge is 2.36. The Morgan fingerprint density at radius 2 is 2.05 bits per heavy atom. The summed E-state index contributed by atoms with van der Waals surface area (Å²) in [6.45, 7) is 1.65. The summed E-state index contributed by atoms with van der Waals surface area (Å²) < 4.78 is 0. The van der Waals surface area contributed by atoms with Gasteiger partial charge in [0.15, 0.2) is 5.78 Å². The highest BCUT2D eigenvalue weighted by molar-refractivity contribution is 6.42. The first-order valence-corrected chi connectivity index (χ1v) is 6.55. The van der Waals surface area contributed by atoms with Gasteiger partial charge in [0.2, 0.25) is 0 Å². The third-order valence-corrected chi connectivity index (χ3v) is 4.18. The van der Waals surface area contributed by atoms with Crippen LogP contribution in [0.15, 0.2) is 29.8 Å². The number of ketones is 1. The van der Waals surface area contributed by atoms with Crippen LogP contribution in [-0.2, 0) is 9.59 Å². The molecule has 2 atom stereocenters. The molecule has 0 saturated heterocycles. The molecule has 2 rings (SSSR count). The molecule has 0 fully saturated rings. The van der Waals surface area contributed by atoms with Gasteiger partial charge in [-0.05, 0) is 24.6 Å². The Morgan fingerprint density at radius 1 is 1.37 bits per heavy atom. The van der Waals surface area contributed by atoms with Gasteiger partial charge in [-0.15, -0.1) is 0 Å². The second-order valence-electron chi connectivity index (χ2n) is 4.62. The lowest BCUT2D eigenvalue weighted by Crippen LogP contribution is -2.29. The van der Waals surface area contributed by atoms with Gasteiger partial charge in [0.05, 0.1) is 16.0 Å². The number of carbonyl (C=O) groups is 2. The quantitative estimate of drug-likeness (QED) is 0.906. The lowest BCUT2D eigenvalue weighted by atomic mass is 9.75. The van der Waals surface area contributed by atoms with Gasteiger partial charge in [0, 0.05) is 12.3 Å². The van der Waals surface area contributed by atoms with Crippen molar-refractivity contribution in [1.82, 2.24) is 0 Å². The summed E-state index contributed by atoms with van der Waals surface area (Å²) in [5, 5.41) is 10.0. The maximum Gasteiger partial charge on any atom is 0.311 e. The second kappa shape index (κ2) is 5.35. The summed E-state index contributed by atoms with van der Waals surface area (Å²) in [5.74, 6) is -2.26. The third-order valence-electron chi connectivity index (χ3n) is 3.35. The van der Waals surface area contributed by atoms with E-state index in [9.17, 15) is 14.7 Å². The number of rotatable bonds is 2. The van der Waals surface area contributed by atoms with E-state index in [4.69, 9.17) is 23.2 Å². The predicted molar refractivity (Wildman–Crippen MR) is 73.7 cm³/mol. The number of allylic oxidation sites excluding steroid dienone is 1. The van der Waals surface area contributed by atoms with Gasteiger partial charge >= 0.3 is 5.97 Å². The molecule has 0 aliphatic heterocycles. The van der Waals surface area contributed by atoms with E-state index in [1.165, 1.54) is 6.08 Å². The van der Waals surface area contributed by atoms with Crippen LogP contribution in [0.1, 0.15) is 24.8 Å². The highest BCUT2D eigenvalue weighted by Crippen LogP contribution is 2.41. The molecule has 0 heterocycles. The van der Waals surface area contributed by atoms with Crippen molar-refractivity contribution in [2.45, 2.75) is 19.3 Å². The molecule has 0 saturated carbocycles. The molecule has 100 valence electrons. The van der Waals surface area contributed by atoms with Crippen molar-refractivity contribution >= 4 is 35.0 Å². The van der Waals surface area contributed by atoms with Crippen LogP contribution in [0.3, 0.4) is 0 Å². The Labute approximate surface area is 120 Å². The van der Waals surface area contributed by atoms with Crippen LogP contribution < -0.4 is 0 Å². The number of carboxylic acid groups (broad SMARTS) is 1. The van der Waals surface area contributed by atoms with Crippen molar-refractivity contribution in [2.75, 3.05) is 0 Å². The van der Waals surface area contributed by atoms with Gasteiger partial charge in [-0.1, -0.05) is 40.9 Å². The minimum Gasteiger partial charge on any atom is -0.481 e. The van der Waals surface area contributed by atoms with Crippen molar-refractivity contribution in [3.63, 3.8) is 0 Å². The van der Waals surface area contributed by atoms with E-state index in [0.29, 0.717) is 21.2 Å². The molecule has 3 nitrogen and oxygen atoms in total. The van der Waals surface area contributed by atoms with E-state index >= 15 is 0 Å². The molecule has 1 aromatic rings. The summed E-state index contributed by atoms with van der Waals surface area (Å²) >= 11 is 12.1. The van der Waals surface area contributed by atoms with Crippen LogP contribution in [0.5, 0.6) is 0 Å². The Bertz CT molecular complexity index is 578. The lowest BCUT2D eigenvalue weighted by Gasteiger charge is -2.28. The fourth-order valence-corrected chi connectivity index (χ4v) is 2.97. The maximum absolute atomic E-state index is 11.7. The molecule has 1 N–H and O–H groups in total. The molecule has 0 aromatic heterocycles. The number of hydrogen-bond donors (Lipinski definition) is 1. The fourth-order valence-electron chi connectivity index (χ4n) is 2.52. The Balaban J connectivity index is 2.53. The van der Waals surface area contributed by atoms with Crippen LogP contribution in [0.25, 0.3) is 0 Å². The van der Waals surface area contributed by atoms with Gasteiger partial charge in [-0.3, -0.25) is 9.59 Å². The molecule has 1 aliphatic carbocycles. The molecule has 5 heteroatoms. The molecule has 1 aromatic carbocycles. The zero-order valence-corrected chi connectivity index (χ0v) is 11.7. The standard InChI is InChI=1S/C14H12Cl2O3/c1-7-5-8(17)6-10(12(7)14(18)19)9-3-2-4-11(15)13(9)16/h2-5,10,12H,6H2,1H3,(H,18,19). The van der Waals surface area contributed by atoms with E-state index in [-0.39, 0.29) is 12.2 Å². The van der Waals surface area contributed by atoms with Crippen LogP contribution in [0, 0.1) is 5.92 Å². The van der Waals surface area contributed by atoms with Crippen molar-refractivity contribution in [1.29, 1.82) is 0 Å². The van der Waals surface area contributed by atoms with Gasteiger partial charge in [-0.2, -0.15) is 0 Å². The van der Waals surface area contributed by atoms with Gasteiger partial charge in [0.25, 0.3) is 0 Å². The van der Waals surface area contributed by atoms with Crippen LogP contribution in [0.4, 0.5) is 0 Å². The van der Waals surface area contributed by atoms with Gasteiger partial charge in [-0.25, -0.2) is 0 Å². The number of aliphatic carboxylic acids is 1. The number of halogens is 2. The summed E-state index contributed by atoms with van der Waals surface area (Å²) in [7, 11) is 0. The highest BCUT2D eigenvalue weighted by atomic mass is 35.5. The number of benzene rings is 1. The molecule has 2 unspecified atom stereocenters. The van der Waals surface area contributed by atoms with E-state index < -0.39 is 17.8 Å². The zero-order chi connectivity index (χ0) is 14.2. The largest absolute Gasteiger partial charge is 0.481 e. The Kier molecular flexibility index (Phi) is 3.97. The molecule has 0 bridgehead atoms. The normalized spacial score (nSPS) is 23.1. The summed E-state index contributed by atoms with van der Waals surface area (Å²) in [6.07, 6.45) is 1.53. The van der Waals surface area contributed by atoms with E-state index in [1.54, 1.807) is 25.1 Å². The van der Waals surface area contributed by atoms with Gasteiger partial charge < -0.3 is 5.11 Å². The average Bonchev–Trinajstić information content (AvgIpc) is 2.31. The molecule has 0 radical (unpaired) electrons. The van der Waals surface area contributed by atoms with Crippen molar-refractivity contribution in [3.05, 3.63) is 45.5 Å².